The molecule has 0 aliphatic rings. The van der Waals surface area contributed by atoms with Crippen molar-refractivity contribution >= 4 is 11.5 Å². The molecule has 0 radical (unpaired) electrons. The summed E-state index contributed by atoms with van der Waals surface area (Å²) >= 11 is 0. The van der Waals surface area contributed by atoms with Crippen LogP contribution >= 0.6 is 0 Å². The molecule has 4 nitrogen and oxygen atoms in total. The topological polar surface area (TPSA) is 37.6 Å². The van der Waals surface area contributed by atoms with Crippen molar-refractivity contribution in [3.05, 3.63) is 76.7 Å². The Morgan fingerprint density at radius 3 is 2.65 bits per heavy atom. The Balaban J connectivity index is 1.96. The molecule has 20 heavy (non-hydrogen) atoms. The molecule has 2 heterocycles. The number of anilines is 1. The molecule has 2 aromatic heterocycles. The average molecular weight is 265 g/mol. The predicted molar refractivity (Wildman–Crippen MR) is 80.0 cm³/mol. The summed E-state index contributed by atoms with van der Waals surface area (Å²) in [6, 6.07) is 17.2. The fourth-order valence-electron chi connectivity index (χ4n) is 2.17. The molecule has 4 heteroatoms. The third-order valence-corrected chi connectivity index (χ3v) is 3.21. The molecule has 0 aliphatic heterocycles. The van der Waals surface area contributed by atoms with E-state index in [1.807, 2.05) is 48.3 Å². The standard InChI is InChI=1S/C16H15N3O/c1-18(12-13-7-3-2-4-8-13)15-11-16(20)19-10-6-5-9-14(19)17-15/h2-11H,12H2,1H3. The molecule has 1 aromatic carbocycles. The van der Waals surface area contributed by atoms with Crippen LogP contribution in [0.2, 0.25) is 0 Å². The van der Waals surface area contributed by atoms with Gasteiger partial charge in [0.1, 0.15) is 11.5 Å². The summed E-state index contributed by atoms with van der Waals surface area (Å²) in [7, 11) is 1.94. The molecule has 0 unspecified atom stereocenters. The molecule has 3 rings (SSSR count). The summed E-state index contributed by atoms with van der Waals surface area (Å²) in [4.78, 5) is 18.5. The maximum absolute atomic E-state index is 12.1. The third kappa shape index (κ3) is 2.40. The number of benzene rings is 1. The van der Waals surface area contributed by atoms with E-state index in [-0.39, 0.29) is 5.56 Å². The first kappa shape index (κ1) is 12.4. The first-order chi connectivity index (χ1) is 9.74. The smallest absolute Gasteiger partial charge is 0.259 e. The van der Waals surface area contributed by atoms with E-state index >= 15 is 0 Å². The zero-order valence-corrected chi connectivity index (χ0v) is 11.2. The molecule has 3 aromatic rings. The molecule has 0 fully saturated rings. The largest absolute Gasteiger partial charge is 0.355 e. The number of nitrogens with zero attached hydrogens (tertiary/aromatic N) is 3. The van der Waals surface area contributed by atoms with Crippen LogP contribution in [0.15, 0.2) is 65.6 Å². The quantitative estimate of drug-likeness (QED) is 0.729. The van der Waals surface area contributed by atoms with Gasteiger partial charge in [-0.25, -0.2) is 4.98 Å². The highest BCUT2D eigenvalue weighted by atomic mass is 16.1. The number of aromatic nitrogens is 2. The van der Waals surface area contributed by atoms with E-state index in [0.717, 1.165) is 6.54 Å². The molecule has 0 amide bonds. The van der Waals surface area contributed by atoms with Gasteiger partial charge in [-0.15, -0.1) is 0 Å². The lowest BCUT2D eigenvalue weighted by Crippen LogP contribution is -2.22. The minimum Gasteiger partial charge on any atom is -0.355 e. The van der Waals surface area contributed by atoms with Crippen LogP contribution in [0, 0.1) is 0 Å². The van der Waals surface area contributed by atoms with E-state index in [0.29, 0.717) is 11.5 Å². The maximum Gasteiger partial charge on any atom is 0.259 e. The molecule has 0 spiro atoms. The molecule has 100 valence electrons. The summed E-state index contributed by atoms with van der Waals surface area (Å²) in [6.45, 7) is 0.719. The summed E-state index contributed by atoms with van der Waals surface area (Å²) in [5, 5.41) is 0. The Labute approximate surface area is 116 Å². The lowest BCUT2D eigenvalue weighted by Gasteiger charge is -2.18. The fraction of sp³-hybridized carbons (Fsp3) is 0.125. The van der Waals surface area contributed by atoms with Gasteiger partial charge in [0, 0.05) is 25.9 Å². The van der Waals surface area contributed by atoms with Crippen molar-refractivity contribution in [3.63, 3.8) is 0 Å². The van der Waals surface area contributed by atoms with Gasteiger partial charge in [-0.05, 0) is 17.7 Å². The Hall–Kier alpha value is -2.62. The Morgan fingerprint density at radius 1 is 1.10 bits per heavy atom. The Kier molecular flexibility index (Phi) is 3.21. The third-order valence-electron chi connectivity index (χ3n) is 3.21. The maximum atomic E-state index is 12.1. The minimum atomic E-state index is -0.0643. The van der Waals surface area contributed by atoms with E-state index < -0.39 is 0 Å². The number of hydrogen-bond donors (Lipinski definition) is 0. The molecule has 0 atom stereocenters. The lowest BCUT2D eigenvalue weighted by atomic mass is 10.2. The van der Waals surface area contributed by atoms with Gasteiger partial charge in [0.25, 0.3) is 5.56 Å². The molecule has 0 bridgehead atoms. The number of pyridine rings is 1. The van der Waals surface area contributed by atoms with Crippen molar-refractivity contribution in [1.29, 1.82) is 0 Å². The summed E-state index contributed by atoms with van der Waals surface area (Å²) < 4.78 is 1.54. The highest BCUT2D eigenvalue weighted by Gasteiger charge is 2.06. The van der Waals surface area contributed by atoms with Gasteiger partial charge in [-0.1, -0.05) is 36.4 Å². The molecule has 0 aliphatic carbocycles. The van der Waals surface area contributed by atoms with Gasteiger partial charge in [0.15, 0.2) is 0 Å². The lowest BCUT2D eigenvalue weighted by molar-refractivity contribution is 0.887. The molecular weight excluding hydrogens is 250 g/mol. The van der Waals surface area contributed by atoms with Crippen LogP contribution in [0.4, 0.5) is 5.82 Å². The number of hydrogen-bond acceptors (Lipinski definition) is 3. The van der Waals surface area contributed by atoms with Crippen molar-refractivity contribution in [2.45, 2.75) is 6.54 Å². The van der Waals surface area contributed by atoms with Gasteiger partial charge in [0.05, 0.1) is 0 Å². The molecule has 0 saturated heterocycles. The molecule has 0 N–H and O–H groups in total. The monoisotopic (exact) mass is 265 g/mol. The predicted octanol–water partition coefficient (Wildman–Crippen LogP) is 2.33. The van der Waals surface area contributed by atoms with Crippen molar-refractivity contribution in [1.82, 2.24) is 9.38 Å². The fourth-order valence-corrected chi connectivity index (χ4v) is 2.17. The summed E-state index contributed by atoms with van der Waals surface area (Å²) in [5.41, 5.74) is 1.78. The van der Waals surface area contributed by atoms with Crippen molar-refractivity contribution in [2.24, 2.45) is 0 Å². The second-order valence-corrected chi connectivity index (χ2v) is 4.72. The average Bonchev–Trinajstić information content (AvgIpc) is 2.48. The van der Waals surface area contributed by atoms with Crippen LogP contribution in [0.25, 0.3) is 5.65 Å². The van der Waals surface area contributed by atoms with Gasteiger partial charge >= 0.3 is 0 Å². The number of fused-ring (bicyclic) bond motifs is 1. The van der Waals surface area contributed by atoms with Crippen LogP contribution in [0.5, 0.6) is 0 Å². The zero-order valence-electron chi connectivity index (χ0n) is 11.2. The Morgan fingerprint density at radius 2 is 1.85 bits per heavy atom. The normalized spacial score (nSPS) is 10.7. The van der Waals surface area contributed by atoms with Gasteiger partial charge in [-0.2, -0.15) is 0 Å². The minimum absolute atomic E-state index is 0.0643. The van der Waals surface area contributed by atoms with Gasteiger partial charge in [0.2, 0.25) is 0 Å². The molecular formula is C16H15N3O. The van der Waals surface area contributed by atoms with Crippen LogP contribution in [0.1, 0.15) is 5.56 Å². The Bertz CT molecular complexity index is 780. The van der Waals surface area contributed by atoms with E-state index in [9.17, 15) is 4.79 Å². The van der Waals surface area contributed by atoms with Crippen LogP contribution in [0.3, 0.4) is 0 Å². The van der Waals surface area contributed by atoms with Crippen LogP contribution in [-0.2, 0) is 6.54 Å². The highest BCUT2D eigenvalue weighted by Crippen LogP contribution is 2.11. The first-order valence-corrected chi connectivity index (χ1v) is 6.47. The number of rotatable bonds is 3. The van der Waals surface area contributed by atoms with E-state index in [4.69, 9.17) is 0 Å². The van der Waals surface area contributed by atoms with Gasteiger partial charge in [-0.3, -0.25) is 9.20 Å². The van der Waals surface area contributed by atoms with Crippen LogP contribution in [-0.4, -0.2) is 16.4 Å². The second kappa shape index (κ2) is 5.17. The second-order valence-electron chi connectivity index (χ2n) is 4.72. The van der Waals surface area contributed by atoms with E-state index in [1.54, 1.807) is 16.7 Å². The van der Waals surface area contributed by atoms with E-state index in [1.165, 1.54) is 5.56 Å². The zero-order chi connectivity index (χ0) is 13.9. The highest BCUT2D eigenvalue weighted by molar-refractivity contribution is 5.47. The van der Waals surface area contributed by atoms with E-state index in [2.05, 4.69) is 17.1 Å². The molecule has 0 saturated carbocycles. The van der Waals surface area contributed by atoms with Gasteiger partial charge < -0.3 is 4.90 Å². The van der Waals surface area contributed by atoms with Crippen molar-refractivity contribution < 1.29 is 0 Å². The first-order valence-electron chi connectivity index (χ1n) is 6.47. The van der Waals surface area contributed by atoms with Crippen molar-refractivity contribution in [3.8, 4) is 0 Å². The van der Waals surface area contributed by atoms with Crippen LogP contribution < -0.4 is 10.5 Å². The summed E-state index contributed by atoms with van der Waals surface area (Å²) in [5.74, 6) is 0.685. The van der Waals surface area contributed by atoms with Crippen molar-refractivity contribution in [2.75, 3.05) is 11.9 Å². The SMILES string of the molecule is CN(Cc1ccccc1)c1cc(=O)n2ccccc2n1. The summed E-state index contributed by atoms with van der Waals surface area (Å²) in [6.07, 6.45) is 1.73.